The number of hydrogen-bond donors (Lipinski definition) is 2. The molecule has 0 radical (unpaired) electrons. The van der Waals surface area contributed by atoms with Crippen LogP contribution in [0, 0.1) is 0 Å². The standard InChI is InChI=1S/C14H19BrN4O/c1-3-6-16-12(14-17-9-18-19-14)8-10-4-5-13(20-2)11(15)7-10/h4-5,7,9,12,16H,3,6,8H2,1-2H3,(H,17,18,19). The molecule has 0 bridgehead atoms. The molecule has 1 atom stereocenters. The third-order valence-electron chi connectivity index (χ3n) is 3.06. The number of benzene rings is 1. The molecule has 108 valence electrons. The van der Waals surface area contributed by atoms with Crippen LogP contribution in [0.5, 0.6) is 5.75 Å². The first kappa shape index (κ1) is 15.0. The normalized spacial score (nSPS) is 12.3. The van der Waals surface area contributed by atoms with Crippen molar-refractivity contribution in [3.8, 4) is 5.75 Å². The van der Waals surface area contributed by atoms with Gasteiger partial charge in [0.1, 0.15) is 17.9 Å². The van der Waals surface area contributed by atoms with Gasteiger partial charge in [0.05, 0.1) is 17.6 Å². The fourth-order valence-corrected chi connectivity index (χ4v) is 2.63. The van der Waals surface area contributed by atoms with E-state index in [4.69, 9.17) is 4.74 Å². The van der Waals surface area contributed by atoms with Crippen LogP contribution in [0.4, 0.5) is 0 Å². The lowest BCUT2D eigenvalue weighted by molar-refractivity contribution is 0.411. The Morgan fingerprint density at radius 1 is 1.45 bits per heavy atom. The van der Waals surface area contributed by atoms with Crippen LogP contribution in [-0.4, -0.2) is 28.8 Å². The molecule has 0 saturated heterocycles. The van der Waals surface area contributed by atoms with Gasteiger partial charge in [0.15, 0.2) is 0 Å². The average molecular weight is 339 g/mol. The van der Waals surface area contributed by atoms with E-state index in [-0.39, 0.29) is 6.04 Å². The molecule has 20 heavy (non-hydrogen) atoms. The van der Waals surface area contributed by atoms with Crippen molar-refractivity contribution in [2.24, 2.45) is 0 Å². The lowest BCUT2D eigenvalue weighted by atomic mass is 10.1. The summed E-state index contributed by atoms with van der Waals surface area (Å²) in [5, 5.41) is 10.4. The van der Waals surface area contributed by atoms with E-state index in [1.165, 1.54) is 5.56 Å². The van der Waals surface area contributed by atoms with E-state index < -0.39 is 0 Å². The molecule has 0 fully saturated rings. The number of nitrogens with one attached hydrogen (secondary N) is 2. The van der Waals surface area contributed by atoms with Crippen LogP contribution >= 0.6 is 15.9 Å². The Morgan fingerprint density at radius 3 is 2.90 bits per heavy atom. The van der Waals surface area contributed by atoms with E-state index in [0.717, 1.165) is 35.4 Å². The van der Waals surface area contributed by atoms with Crippen molar-refractivity contribution in [2.45, 2.75) is 25.8 Å². The number of nitrogens with zero attached hydrogens (tertiary/aromatic N) is 2. The van der Waals surface area contributed by atoms with Gasteiger partial charge in [-0.1, -0.05) is 13.0 Å². The Balaban J connectivity index is 2.13. The molecule has 2 aromatic rings. The Hall–Kier alpha value is -1.40. The molecule has 0 amide bonds. The monoisotopic (exact) mass is 338 g/mol. The van der Waals surface area contributed by atoms with Crippen molar-refractivity contribution in [1.29, 1.82) is 0 Å². The molecule has 2 N–H and O–H groups in total. The Kier molecular flexibility index (Phi) is 5.55. The summed E-state index contributed by atoms with van der Waals surface area (Å²) in [4.78, 5) is 4.26. The molecule has 0 aliphatic carbocycles. The number of halogens is 1. The van der Waals surface area contributed by atoms with E-state index in [9.17, 15) is 0 Å². The first-order valence-electron chi connectivity index (χ1n) is 6.65. The van der Waals surface area contributed by atoms with E-state index in [2.05, 4.69) is 55.5 Å². The highest BCUT2D eigenvalue weighted by atomic mass is 79.9. The summed E-state index contributed by atoms with van der Waals surface area (Å²) in [7, 11) is 1.67. The summed E-state index contributed by atoms with van der Waals surface area (Å²) >= 11 is 3.52. The van der Waals surface area contributed by atoms with Gasteiger partial charge in [0, 0.05) is 0 Å². The summed E-state index contributed by atoms with van der Waals surface area (Å²) in [5.74, 6) is 1.71. The third kappa shape index (κ3) is 3.80. The molecule has 0 aliphatic heterocycles. The third-order valence-corrected chi connectivity index (χ3v) is 3.68. The molecule has 1 heterocycles. The summed E-state index contributed by atoms with van der Waals surface area (Å²) < 4.78 is 6.21. The van der Waals surface area contributed by atoms with Crippen molar-refractivity contribution in [3.05, 3.63) is 40.4 Å². The van der Waals surface area contributed by atoms with Gasteiger partial charge in [-0.15, -0.1) is 0 Å². The molecule has 2 rings (SSSR count). The van der Waals surface area contributed by atoms with E-state index in [1.807, 2.05) is 6.07 Å². The van der Waals surface area contributed by atoms with Gasteiger partial charge in [-0.2, -0.15) is 5.10 Å². The number of H-pyrrole nitrogens is 1. The van der Waals surface area contributed by atoms with Crippen LogP contribution < -0.4 is 10.1 Å². The number of methoxy groups -OCH3 is 1. The molecular weight excluding hydrogens is 320 g/mol. The largest absolute Gasteiger partial charge is 0.496 e. The van der Waals surface area contributed by atoms with Crippen LogP contribution in [0.25, 0.3) is 0 Å². The van der Waals surface area contributed by atoms with Gasteiger partial charge in [-0.25, -0.2) is 4.98 Å². The van der Waals surface area contributed by atoms with Crippen molar-refractivity contribution in [2.75, 3.05) is 13.7 Å². The van der Waals surface area contributed by atoms with Gasteiger partial charge in [-0.05, 0) is 53.0 Å². The lowest BCUT2D eigenvalue weighted by Crippen LogP contribution is -2.25. The maximum atomic E-state index is 5.25. The van der Waals surface area contributed by atoms with Gasteiger partial charge >= 0.3 is 0 Å². The second kappa shape index (κ2) is 7.40. The molecule has 5 nitrogen and oxygen atoms in total. The molecule has 6 heteroatoms. The first-order valence-corrected chi connectivity index (χ1v) is 7.45. The number of rotatable bonds is 7. The minimum atomic E-state index is 0.137. The van der Waals surface area contributed by atoms with Crippen molar-refractivity contribution in [1.82, 2.24) is 20.5 Å². The zero-order chi connectivity index (χ0) is 14.4. The van der Waals surface area contributed by atoms with Crippen molar-refractivity contribution < 1.29 is 4.74 Å². The van der Waals surface area contributed by atoms with Crippen LogP contribution in [0.1, 0.15) is 30.8 Å². The predicted molar refractivity (Wildman–Crippen MR) is 81.8 cm³/mol. The highest BCUT2D eigenvalue weighted by molar-refractivity contribution is 9.10. The van der Waals surface area contributed by atoms with Crippen LogP contribution in [-0.2, 0) is 6.42 Å². The molecular formula is C14H19BrN4O. The quantitative estimate of drug-likeness (QED) is 0.814. The minimum Gasteiger partial charge on any atom is -0.496 e. The molecule has 1 unspecified atom stereocenters. The Bertz CT molecular complexity index is 530. The number of hydrogen-bond acceptors (Lipinski definition) is 4. The van der Waals surface area contributed by atoms with E-state index >= 15 is 0 Å². The number of aromatic amines is 1. The number of ether oxygens (including phenoxy) is 1. The molecule has 0 spiro atoms. The van der Waals surface area contributed by atoms with Crippen molar-refractivity contribution >= 4 is 15.9 Å². The topological polar surface area (TPSA) is 62.8 Å². The first-order chi connectivity index (χ1) is 9.74. The fourth-order valence-electron chi connectivity index (χ4n) is 2.04. The SMILES string of the molecule is CCCNC(Cc1ccc(OC)c(Br)c1)c1ncn[nH]1. The van der Waals surface area contributed by atoms with Gasteiger partial charge in [-0.3, -0.25) is 5.10 Å². The minimum absolute atomic E-state index is 0.137. The maximum Gasteiger partial charge on any atom is 0.141 e. The maximum absolute atomic E-state index is 5.25. The predicted octanol–water partition coefficient (Wildman–Crippen LogP) is 2.86. The zero-order valence-corrected chi connectivity index (χ0v) is 13.3. The highest BCUT2D eigenvalue weighted by Crippen LogP contribution is 2.27. The molecule has 1 aromatic heterocycles. The highest BCUT2D eigenvalue weighted by Gasteiger charge is 2.15. The fraction of sp³-hybridized carbons (Fsp3) is 0.429. The van der Waals surface area contributed by atoms with Gasteiger partial charge in [0.25, 0.3) is 0 Å². The lowest BCUT2D eigenvalue weighted by Gasteiger charge is -2.16. The molecule has 0 aliphatic rings. The molecule has 1 aromatic carbocycles. The van der Waals surface area contributed by atoms with Crippen LogP contribution in [0.3, 0.4) is 0 Å². The van der Waals surface area contributed by atoms with E-state index in [0.29, 0.717) is 0 Å². The van der Waals surface area contributed by atoms with Crippen molar-refractivity contribution in [3.63, 3.8) is 0 Å². The summed E-state index contributed by atoms with van der Waals surface area (Å²) in [6.07, 6.45) is 3.47. The van der Waals surface area contributed by atoms with Gasteiger partial charge < -0.3 is 10.1 Å². The zero-order valence-electron chi connectivity index (χ0n) is 11.7. The number of aromatic nitrogens is 3. The average Bonchev–Trinajstić information content (AvgIpc) is 2.97. The van der Waals surface area contributed by atoms with Gasteiger partial charge in [0.2, 0.25) is 0 Å². The smallest absolute Gasteiger partial charge is 0.141 e. The van der Waals surface area contributed by atoms with E-state index in [1.54, 1.807) is 13.4 Å². The Labute approximate surface area is 127 Å². The Morgan fingerprint density at radius 2 is 2.30 bits per heavy atom. The summed E-state index contributed by atoms with van der Waals surface area (Å²) in [6.45, 7) is 3.09. The second-order valence-corrected chi connectivity index (χ2v) is 5.40. The second-order valence-electron chi connectivity index (χ2n) is 4.55. The van der Waals surface area contributed by atoms with Crippen LogP contribution in [0.15, 0.2) is 29.0 Å². The summed E-state index contributed by atoms with van der Waals surface area (Å²) in [5.41, 5.74) is 1.21. The molecule has 0 saturated carbocycles. The summed E-state index contributed by atoms with van der Waals surface area (Å²) in [6, 6.07) is 6.25. The van der Waals surface area contributed by atoms with Crippen LogP contribution in [0.2, 0.25) is 0 Å².